The minimum Gasteiger partial charge on any atom is -0.355 e. The van der Waals surface area contributed by atoms with Crippen molar-refractivity contribution in [2.24, 2.45) is 0 Å². The first-order chi connectivity index (χ1) is 13.0. The van der Waals surface area contributed by atoms with Crippen LogP contribution in [0.1, 0.15) is 28.3 Å². The molecule has 0 radical (unpaired) electrons. The van der Waals surface area contributed by atoms with Crippen molar-refractivity contribution in [1.29, 1.82) is 0 Å². The molecule has 1 unspecified atom stereocenters. The number of quaternary nitrogens is 1. The van der Waals surface area contributed by atoms with E-state index in [1.807, 2.05) is 25.2 Å². The van der Waals surface area contributed by atoms with Crippen LogP contribution in [0.4, 0.5) is 5.69 Å². The molecule has 2 atom stereocenters. The number of aromatic nitrogens is 1. The summed E-state index contributed by atoms with van der Waals surface area (Å²) in [6.45, 7) is 2.41. The standard InChI is InChI=1S/C20H22N4O2S/c1-13(20-23-16-6-4-5-7-17(16)27-20)24(3)12-18(25)22-15-10-8-14(9-11-15)19(26)21-2/h4-11,13H,12H2,1-3H3,(H,21,26)(H,22,25)/p+1/t13-/m0/s1. The zero-order valence-corrected chi connectivity index (χ0v) is 16.4. The molecule has 2 amide bonds. The third-order valence-corrected chi connectivity index (χ3v) is 5.74. The van der Waals surface area contributed by atoms with Gasteiger partial charge in [0.1, 0.15) is 6.04 Å². The van der Waals surface area contributed by atoms with Gasteiger partial charge in [0.2, 0.25) is 0 Å². The first-order valence-corrected chi connectivity index (χ1v) is 9.59. The number of nitrogens with zero attached hydrogens (tertiary/aromatic N) is 1. The number of benzene rings is 2. The van der Waals surface area contributed by atoms with E-state index >= 15 is 0 Å². The van der Waals surface area contributed by atoms with E-state index in [9.17, 15) is 9.59 Å². The van der Waals surface area contributed by atoms with E-state index in [0.717, 1.165) is 20.1 Å². The van der Waals surface area contributed by atoms with Gasteiger partial charge in [-0.3, -0.25) is 9.59 Å². The van der Waals surface area contributed by atoms with Gasteiger partial charge in [-0.15, -0.1) is 11.3 Å². The topological polar surface area (TPSA) is 75.5 Å². The molecule has 3 N–H and O–H groups in total. The fourth-order valence-electron chi connectivity index (χ4n) is 2.75. The van der Waals surface area contributed by atoms with Crippen LogP contribution in [0.5, 0.6) is 0 Å². The Kier molecular flexibility index (Phi) is 5.83. The number of nitrogens with one attached hydrogen (secondary N) is 3. The van der Waals surface area contributed by atoms with Crippen molar-refractivity contribution in [2.75, 3.05) is 26.0 Å². The molecular formula is C20H23N4O2S+. The quantitative estimate of drug-likeness (QED) is 0.608. The minimum atomic E-state index is -0.151. The summed E-state index contributed by atoms with van der Waals surface area (Å²) in [5.41, 5.74) is 2.23. The van der Waals surface area contributed by atoms with Crippen molar-refractivity contribution in [3.63, 3.8) is 0 Å². The van der Waals surface area contributed by atoms with E-state index in [4.69, 9.17) is 0 Å². The highest BCUT2D eigenvalue weighted by atomic mass is 32.1. The van der Waals surface area contributed by atoms with Gasteiger partial charge in [0.05, 0.1) is 17.3 Å². The third kappa shape index (κ3) is 4.50. The van der Waals surface area contributed by atoms with Crippen LogP contribution in [0.2, 0.25) is 0 Å². The molecule has 27 heavy (non-hydrogen) atoms. The number of carbonyl (C=O) groups is 2. The lowest BCUT2D eigenvalue weighted by Gasteiger charge is -2.19. The van der Waals surface area contributed by atoms with Gasteiger partial charge in [0.15, 0.2) is 11.6 Å². The molecule has 7 heteroatoms. The first kappa shape index (κ1) is 19.0. The van der Waals surface area contributed by atoms with Crippen molar-refractivity contribution >= 4 is 39.1 Å². The zero-order chi connectivity index (χ0) is 19.4. The van der Waals surface area contributed by atoms with Gasteiger partial charge in [-0.1, -0.05) is 12.1 Å². The lowest BCUT2D eigenvalue weighted by Crippen LogP contribution is -3.10. The van der Waals surface area contributed by atoms with E-state index in [2.05, 4.69) is 28.6 Å². The van der Waals surface area contributed by atoms with Gasteiger partial charge in [-0.25, -0.2) is 4.98 Å². The van der Waals surface area contributed by atoms with Crippen molar-refractivity contribution < 1.29 is 14.5 Å². The number of hydrogen-bond donors (Lipinski definition) is 3. The predicted molar refractivity (Wildman–Crippen MR) is 108 cm³/mol. The van der Waals surface area contributed by atoms with Gasteiger partial charge >= 0.3 is 0 Å². The Balaban J connectivity index is 1.60. The van der Waals surface area contributed by atoms with E-state index in [1.54, 1.807) is 42.6 Å². The first-order valence-electron chi connectivity index (χ1n) is 8.77. The third-order valence-electron chi connectivity index (χ3n) is 4.52. The van der Waals surface area contributed by atoms with Crippen molar-refractivity contribution in [3.05, 3.63) is 59.1 Å². The number of anilines is 1. The summed E-state index contributed by atoms with van der Waals surface area (Å²) in [7, 11) is 3.58. The van der Waals surface area contributed by atoms with Crippen LogP contribution in [-0.4, -0.2) is 37.4 Å². The number of rotatable bonds is 6. The molecular weight excluding hydrogens is 360 g/mol. The second kappa shape index (κ2) is 8.28. The average Bonchev–Trinajstić information content (AvgIpc) is 3.11. The highest BCUT2D eigenvalue weighted by molar-refractivity contribution is 7.18. The van der Waals surface area contributed by atoms with Crippen molar-refractivity contribution in [1.82, 2.24) is 10.3 Å². The number of carbonyl (C=O) groups excluding carboxylic acids is 2. The molecule has 3 rings (SSSR count). The van der Waals surface area contributed by atoms with Crippen LogP contribution in [0, 0.1) is 0 Å². The smallest absolute Gasteiger partial charge is 0.279 e. The number of hydrogen-bond acceptors (Lipinski definition) is 4. The molecule has 0 fully saturated rings. The Morgan fingerprint density at radius 2 is 1.85 bits per heavy atom. The summed E-state index contributed by atoms with van der Waals surface area (Å²) in [6.07, 6.45) is 0. The maximum absolute atomic E-state index is 12.4. The van der Waals surface area contributed by atoms with Crippen molar-refractivity contribution in [3.8, 4) is 0 Å². The summed E-state index contributed by atoms with van der Waals surface area (Å²) >= 11 is 1.67. The molecule has 0 saturated carbocycles. The van der Waals surface area contributed by atoms with Gasteiger partial charge in [0.25, 0.3) is 11.8 Å². The second-order valence-electron chi connectivity index (χ2n) is 6.47. The van der Waals surface area contributed by atoms with E-state index in [1.165, 1.54) is 0 Å². The number of para-hydroxylation sites is 1. The normalized spacial score (nSPS) is 13.1. The number of thiazole rings is 1. The Hall–Kier alpha value is -2.77. The van der Waals surface area contributed by atoms with Gasteiger partial charge in [-0.2, -0.15) is 0 Å². The second-order valence-corrected chi connectivity index (χ2v) is 7.53. The largest absolute Gasteiger partial charge is 0.355 e. The van der Waals surface area contributed by atoms with Gasteiger partial charge < -0.3 is 15.5 Å². The van der Waals surface area contributed by atoms with E-state index in [-0.39, 0.29) is 17.9 Å². The zero-order valence-electron chi connectivity index (χ0n) is 15.6. The fraction of sp³-hybridized carbons (Fsp3) is 0.250. The molecule has 1 heterocycles. The average molecular weight is 383 g/mol. The van der Waals surface area contributed by atoms with Crippen LogP contribution >= 0.6 is 11.3 Å². The summed E-state index contributed by atoms with van der Waals surface area (Å²) in [4.78, 5) is 29.7. The minimum absolute atomic E-state index is 0.0758. The van der Waals surface area contributed by atoms with Crippen LogP contribution in [0.15, 0.2) is 48.5 Å². The molecule has 0 bridgehead atoms. The van der Waals surface area contributed by atoms with Gasteiger partial charge in [-0.05, 0) is 43.3 Å². The molecule has 3 aromatic rings. The Morgan fingerprint density at radius 3 is 2.52 bits per heavy atom. The maximum Gasteiger partial charge on any atom is 0.279 e. The van der Waals surface area contributed by atoms with Crippen molar-refractivity contribution in [2.45, 2.75) is 13.0 Å². The van der Waals surface area contributed by atoms with Crippen LogP contribution in [0.25, 0.3) is 10.2 Å². The van der Waals surface area contributed by atoms with E-state index < -0.39 is 0 Å². The highest BCUT2D eigenvalue weighted by Crippen LogP contribution is 2.24. The Bertz CT molecular complexity index is 919. The van der Waals surface area contributed by atoms with Crippen LogP contribution in [0.3, 0.4) is 0 Å². The van der Waals surface area contributed by atoms with Gasteiger partial charge in [0, 0.05) is 18.3 Å². The molecule has 2 aromatic carbocycles. The number of likely N-dealkylation sites (N-methyl/N-ethyl adjacent to an activating group) is 1. The highest BCUT2D eigenvalue weighted by Gasteiger charge is 2.22. The lowest BCUT2D eigenvalue weighted by atomic mass is 10.2. The summed E-state index contributed by atoms with van der Waals surface area (Å²) in [5, 5.41) is 6.48. The molecule has 0 aliphatic heterocycles. The lowest BCUT2D eigenvalue weighted by molar-refractivity contribution is -0.902. The summed E-state index contributed by atoms with van der Waals surface area (Å²) in [6, 6.07) is 15.0. The van der Waals surface area contributed by atoms with Crippen LogP contribution < -0.4 is 15.5 Å². The summed E-state index contributed by atoms with van der Waals surface area (Å²) < 4.78 is 1.16. The summed E-state index contributed by atoms with van der Waals surface area (Å²) in [5.74, 6) is -0.227. The van der Waals surface area contributed by atoms with Crippen LogP contribution in [-0.2, 0) is 4.79 Å². The predicted octanol–water partition coefficient (Wildman–Crippen LogP) is 1.87. The molecule has 0 saturated heterocycles. The molecule has 0 aliphatic carbocycles. The molecule has 6 nitrogen and oxygen atoms in total. The fourth-order valence-corrected chi connectivity index (χ4v) is 3.86. The molecule has 0 aliphatic rings. The number of fused-ring (bicyclic) bond motifs is 1. The monoisotopic (exact) mass is 383 g/mol. The maximum atomic E-state index is 12.4. The Morgan fingerprint density at radius 1 is 1.15 bits per heavy atom. The molecule has 0 spiro atoms. The number of amides is 2. The Labute approximate surface area is 162 Å². The molecule has 140 valence electrons. The molecule has 1 aromatic heterocycles. The SMILES string of the molecule is CNC(=O)c1ccc(NC(=O)C[NH+](C)[C@@H](C)c2nc3ccccc3s2)cc1. The van der Waals surface area contributed by atoms with E-state index in [0.29, 0.717) is 17.8 Å².